The predicted octanol–water partition coefficient (Wildman–Crippen LogP) is 4.08. The summed E-state index contributed by atoms with van der Waals surface area (Å²) in [6, 6.07) is 7.59. The maximum atomic E-state index is 11.9. The number of thiophene rings is 2. The summed E-state index contributed by atoms with van der Waals surface area (Å²) in [6.07, 6.45) is 0.935. The number of nitrogens with zero attached hydrogens (tertiary/aromatic N) is 1. The smallest absolute Gasteiger partial charge is 0.261 e. The SMILES string of the molecule is O=C(CCCNC(=O)c1cccs1)Nc1nc(-c2cccs2)cs1. The van der Waals surface area contributed by atoms with Gasteiger partial charge in [-0.1, -0.05) is 12.1 Å². The van der Waals surface area contributed by atoms with Crippen LogP contribution in [0.2, 0.25) is 0 Å². The highest BCUT2D eigenvalue weighted by atomic mass is 32.1. The molecule has 0 aromatic carbocycles. The maximum absolute atomic E-state index is 11.9. The number of amides is 2. The average molecular weight is 378 g/mol. The van der Waals surface area contributed by atoms with E-state index in [0.717, 1.165) is 10.6 Å². The molecule has 2 amide bonds. The fourth-order valence-electron chi connectivity index (χ4n) is 2.00. The highest BCUT2D eigenvalue weighted by molar-refractivity contribution is 7.16. The molecule has 0 radical (unpaired) electrons. The van der Waals surface area contributed by atoms with Crippen molar-refractivity contribution < 1.29 is 9.59 Å². The number of thiazole rings is 1. The molecule has 0 aliphatic heterocycles. The molecule has 124 valence electrons. The van der Waals surface area contributed by atoms with Crippen LogP contribution in [0, 0.1) is 0 Å². The van der Waals surface area contributed by atoms with Crippen LogP contribution < -0.4 is 10.6 Å². The van der Waals surface area contributed by atoms with Crippen molar-refractivity contribution in [1.82, 2.24) is 10.3 Å². The zero-order chi connectivity index (χ0) is 16.8. The van der Waals surface area contributed by atoms with Crippen molar-refractivity contribution in [3.63, 3.8) is 0 Å². The fourth-order valence-corrected chi connectivity index (χ4v) is 4.12. The van der Waals surface area contributed by atoms with Crippen molar-refractivity contribution in [2.24, 2.45) is 0 Å². The van der Waals surface area contributed by atoms with E-state index in [1.54, 1.807) is 17.4 Å². The molecule has 3 aromatic rings. The van der Waals surface area contributed by atoms with E-state index in [9.17, 15) is 9.59 Å². The van der Waals surface area contributed by atoms with E-state index in [-0.39, 0.29) is 11.8 Å². The molecule has 0 bridgehead atoms. The van der Waals surface area contributed by atoms with Crippen LogP contribution in [0.3, 0.4) is 0 Å². The first-order valence-electron chi connectivity index (χ1n) is 7.33. The second-order valence-electron chi connectivity index (χ2n) is 4.90. The topological polar surface area (TPSA) is 71.1 Å². The van der Waals surface area contributed by atoms with Crippen LogP contribution >= 0.6 is 34.0 Å². The Kier molecular flexibility index (Phi) is 5.73. The van der Waals surface area contributed by atoms with Crippen molar-refractivity contribution in [3.8, 4) is 10.6 Å². The van der Waals surface area contributed by atoms with E-state index in [4.69, 9.17) is 0 Å². The van der Waals surface area contributed by atoms with Gasteiger partial charge < -0.3 is 10.6 Å². The lowest BCUT2D eigenvalue weighted by Gasteiger charge is -2.04. The Morgan fingerprint density at radius 1 is 1.08 bits per heavy atom. The van der Waals surface area contributed by atoms with Crippen LogP contribution in [0.1, 0.15) is 22.5 Å². The van der Waals surface area contributed by atoms with Gasteiger partial charge in [0.25, 0.3) is 5.91 Å². The van der Waals surface area contributed by atoms with Gasteiger partial charge in [0.1, 0.15) is 0 Å². The van der Waals surface area contributed by atoms with Crippen LogP contribution in [0.15, 0.2) is 40.4 Å². The van der Waals surface area contributed by atoms with Gasteiger partial charge in [0.15, 0.2) is 5.13 Å². The number of carbonyl (C=O) groups excluding carboxylic acids is 2. The second-order valence-corrected chi connectivity index (χ2v) is 7.65. The highest BCUT2D eigenvalue weighted by Gasteiger charge is 2.09. The number of aromatic nitrogens is 1. The van der Waals surface area contributed by atoms with Gasteiger partial charge >= 0.3 is 0 Å². The first kappa shape index (κ1) is 16.8. The van der Waals surface area contributed by atoms with E-state index in [1.807, 2.05) is 34.3 Å². The Morgan fingerprint density at radius 2 is 1.92 bits per heavy atom. The first-order valence-corrected chi connectivity index (χ1v) is 9.97. The molecule has 2 N–H and O–H groups in total. The second kappa shape index (κ2) is 8.18. The van der Waals surface area contributed by atoms with Gasteiger partial charge in [-0.2, -0.15) is 0 Å². The van der Waals surface area contributed by atoms with E-state index in [2.05, 4.69) is 15.6 Å². The van der Waals surface area contributed by atoms with Gasteiger partial charge in [-0.3, -0.25) is 9.59 Å². The summed E-state index contributed by atoms with van der Waals surface area (Å²) in [5.41, 5.74) is 0.883. The van der Waals surface area contributed by atoms with Crippen molar-refractivity contribution in [2.75, 3.05) is 11.9 Å². The summed E-state index contributed by atoms with van der Waals surface area (Å²) in [6.45, 7) is 0.475. The molecular formula is C16H15N3O2S3. The summed E-state index contributed by atoms with van der Waals surface area (Å²) in [4.78, 5) is 29.9. The van der Waals surface area contributed by atoms with E-state index in [0.29, 0.717) is 29.4 Å². The molecule has 0 fully saturated rings. The van der Waals surface area contributed by atoms with Crippen molar-refractivity contribution in [2.45, 2.75) is 12.8 Å². The Balaban J connectivity index is 1.39. The van der Waals surface area contributed by atoms with E-state index in [1.165, 1.54) is 22.7 Å². The molecule has 0 spiro atoms. The van der Waals surface area contributed by atoms with Gasteiger partial charge in [-0.25, -0.2) is 4.98 Å². The summed E-state index contributed by atoms with van der Waals surface area (Å²) in [5, 5.41) is 12.0. The lowest BCUT2D eigenvalue weighted by atomic mass is 10.3. The number of rotatable bonds is 7. The molecule has 0 atom stereocenters. The molecule has 8 heteroatoms. The van der Waals surface area contributed by atoms with Crippen LogP contribution in [-0.2, 0) is 4.79 Å². The largest absolute Gasteiger partial charge is 0.351 e. The molecule has 0 saturated heterocycles. The van der Waals surface area contributed by atoms with E-state index >= 15 is 0 Å². The third-order valence-electron chi connectivity index (χ3n) is 3.14. The number of hydrogen-bond acceptors (Lipinski definition) is 6. The number of hydrogen-bond donors (Lipinski definition) is 2. The van der Waals surface area contributed by atoms with Gasteiger partial charge in [-0.05, 0) is 29.3 Å². The molecule has 0 unspecified atom stereocenters. The number of carbonyl (C=O) groups is 2. The monoisotopic (exact) mass is 377 g/mol. The quantitative estimate of drug-likeness (QED) is 0.610. The third kappa shape index (κ3) is 4.50. The molecule has 0 aliphatic carbocycles. The van der Waals surface area contributed by atoms with Crippen molar-refractivity contribution >= 4 is 51.0 Å². The van der Waals surface area contributed by atoms with Crippen molar-refractivity contribution in [1.29, 1.82) is 0 Å². The molecule has 3 rings (SSSR count). The van der Waals surface area contributed by atoms with Crippen LogP contribution in [-0.4, -0.2) is 23.3 Å². The normalized spacial score (nSPS) is 10.5. The molecule has 0 aliphatic rings. The first-order chi connectivity index (χ1) is 11.7. The van der Waals surface area contributed by atoms with Crippen LogP contribution in [0.5, 0.6) is 0 Å². The Labute approximate surface area is 151 Å². The van der Waals surface area contributed by atoms with Gasteiger partial charge in [0, 0.05) is 18.3 Å². The third-order valence-corrected chi connectivity index (χ3v) is 5.65. The lowest BCUT2D eigenvalue weighted by Crippen LogP contribution is -2.24. The van der Waals surface area contributed by atoms with Crippen LogP contribution in [0.25, 0.3) is 10.6 Å². The molecule has 24 heavy (non-hydrogen) atoms. The average Bonchev–Trinajstić information content (AvgIpc) is 3.32. The number of nitrogens with one attached hydrogen (secondary N) is 2. The minimum absolute atomic E-state index is 0.0903. The zero-order valence-corrected chi connectivity index (χ0v) is 15.1. The molecular weight excluding hydrogens is 362 g/mol. The lowest BCUT2D eigenvalue weighted by molar-refractivity contribution is -0.116. The Morgan fingerprint density at radius 3 is 2.67 bits per heavy atom. The molecule has 5 nitrogen and oxygen atoms in total. The van der Waals surface area contributed by atoms with Crippen LogP contribution in [0.4, 0.5) is 5.13 Å². The maximum Gasteiger partial charge on any atom is 0.261 e. The standard InChI is InChI=1S/C16H15N3O2S3/c20-14(6-1-7-17-15(21)13-5-3-9-23-13)19-16-18-11(10-24-16)12-4-2-8-22-12/h2-5,8-10H,1,6-7H2,(H,17,21)(H,18,19,20). The van der Waals surface area contributed by atoms with Gasteiger partial charge in [-0.15, -0.1) is 34.0 Å². The Hall–Kier alpha value is -2.03. The number of anilines is 1. The molecule has 3 heterocycles. The minimum atomic E-state index is -0.0917. The Bertz CT molecular complexity index is 795. The summed E-state index contributed by atoms with van der Waals surface area (Å²) in [5.74, 6) is -0.182. The van der Waals surface area contributed by atoms with Gasteiger partial charge in [0.2, 0.25) is 5.91 Å². The summed E-state index contributed by atoms with van der Waals surface area (Å²) >= 11 is 4.43. The zero-order valence-electron chi connectivity index (χ0n) is 12.7. The predicted molar refractivity (Wildman–Crippen MR) is 99.9 cm³/mol. The molecule has 0 saturated carbocycles. The summed E-state index contributed by atoms with van der Waals surface area (Å²) in [7, 11) is 0. The van der Waals surface area contributed by atoms with E-state index < -0.39 is 0 Å². The van der Waals surface area contributed by atoms with Gasteiger partial charge in [0.05, 0.1) is 15.4 Å². The minimum Gasteiger partial charge on any atom is -0.351 e. The molecule has 3 aromatic heterocycles. The highest BCUT2D eigenvalue weighted by Crippen LogP contribution is 2.28. The fraction of sp³-hybridized carbons (Fsp3) is 0.188. The summed E-state index contributed by atoms with van der Waals surface area (Å²) < 4.78 is 0. The van der Waals surface area contributed by atoms with Crippen molar-refractivity contribution in [3.05, 3.63) is 45.3 Å².